The number of amides is 1. The molecule has 2 heterocycles. The molecule has 216 valence electrons. The van der Waals surface area contributed by atoms with Crippen LogP contribution in [-0.2, 0) is 14.4 Å². The van der Waals surface area contributed by atoms with Crippen LogP contribution in [0.1, 0.15) is 30.9 Å². The molecule has 0 unspecified atom stereocenters. The first kappa shape index (κ1) is 27.4. The van der Waals surface area contributed by atoms with Crippen LogP contribution in [0.25, 0.3) is 0 Å². The summed E-state index contributed by atoms with van der Waals surface area (Å²) < 4.78 is 0. The van der Waals surface area contributed by atoms with Crippen LogP contribution in [0.4, 0.5) is 0 Å². The number of carbonyl (C=O) groups excluding carboxylic acids is 3. The third-order valence-electron chi connectivity index (χ3n) is 7.01. The van der Waals surface area contributed by atoms with E-state index in [1.165, 1.54) is 21.7 Å². The topological polar surface area (TPSA) is 174 Å². The highest BCUT2D eigenvalue weighted by molar-refractivity contribution is 6.17. The number of allylic oxidation sites excluding steroid dienone is 15. The highest BCUT2D eigenvalue weighted by atomic mass is 16.2. The van der Waals surface area contributed by atoms with Crippen molar-refractivity contribution in [3.63, 3.8) is 0 Å². The van der Waals surface area contributed by atoms with Crippen LogP contribution in [0.2, 0.25) is 0 Å². The molecule has 0 atom stereocenters. The zero-order valence-corrected chi connectivity index (χ0v) is 23.4. The van der Waals surface area contributed by atoms with Crippen LogP contribution in [0, 0.1) is 19.8 Å². The Bertz CT molecular complexity index is 1700. The highest BCUT2D eigenvalue weighted by Crippen LogP contribution is 2.35. The summed E-state index contributed by atoms with van der Waals surface area (Å²) in [5.74, 6) is 0.566. The van der Waals surface area contributed by atoms with Crippen molar-refractivity contribution in [3.8, 4) is 0 Å². The fourth-order valence-corrected chi connectivity index (χ4v) is 4.58. The van der Waals surface area contributed by atoms with Gasteiger partial charge in [-0.25, -0.2) is 0 Å². The van der Waals surface area contributed by atoms with Crippen molar-refractivity contribution in [1.29, 1.82) is 0 Å². The van der Waals surface area contributed by atoms with Gasteiger partial charge in [0, 0.05) is 40.7 Å². The number of aromatic nitrogens is 8. The number of nitrogens with one attached hydrogen (secondary N) is 3. The molecule has 14 nitrogen and oxygen atoms in total. The predicted molar refractivity (Wildman–Crippen MR) is 154 cm³/mol. The van der Waals surface area contributed by atoms with Gasteiger partial charge in [0.05, 0.1) is 0 Å². The minimum Gasteiger partial charge on any atom is -0.326 e. The molecule has 14 heteroatoms. The maximum atomic E-state index is 13.4. The number of carbonyl (C=O) groups is 3. The Kier molecular flexibility index (Phi) is 7.39. The Hall–Kier alpha value is -5.79. The number of hydrogen-bond acceptors (Lipinski definition) is 11. The summed E-state index contributed by atoms with van der Waals surface area (Å²) in [5, 5.41) is 25.6. The summed E-state index contributed by atoms with van der Waals surface area (Å²) >= 11 is 0. The fraction of sp³-hybridized carbons (Fsp3) is 0.207. The summed E-state index contributed by atoms with van der Waals surface area (Å²) in [6, 6.07) is 0. The predicted octanol–water partition coefficient (Wildman–Crippen LogP) is 1.63. The number of ketones is 2. The van der Waals surface area contributed by atoms with Crippen molar-refractivity contribution in [2.45, 2.75) is 33.1 Å². The van der Waals surface area contributed by atoms with Crippen LogP contribution in [0.15, 0.2) is 106 Å². The van der Waals surface area contributed by atoms with Crippen LogP contribution in [-0.4, -0.2) is 58.1 Å². The number of aryl methyl sites for hydroxylation is 2. The van der Waals surface area contributed by atoms with E-state index in [1.54, 1.807) is 50.6 Å². The standard InChI is InChI=1S/C29H27N11O3/c1-17-33-35-37-39(17)30-15-19-6-10-26(41)24(12-19)28(22-4-3-5-23(14-22)32-29(43)21-8-9-21)25-13-20(7-11-27(25)42)16-31-40-18(2)34-36-38-40/h3,5-7,10-16,21,30-31H,4,8-9H2,1-2H3,(H,32,43)/b19-15+,20-16+. The Morgan fingerprint density at radius 3 is 1.86 bits per heavy atom. The molecule has 43 heavy (non-hydrogen) atoms. The average Bonchev–Trinajstić information content (AvgIpc) is 3.66. The van der Waals surface area contributed by atoms with Crippen molar-refractivity contribution in [2.75, 3.05) is 10.9 Å². The molecular formula is C29H27N11O3. The lowest BCUT2D eigenvalue weighted by Gasteiger charge is -2.22. The lowest BCUT2D eigenvalue weighted by Crippen LogP contribution is -2.24. The van der Waals surface area contributed by atoms with E-state index in [9.17, 15) is 14.4 Å². The quantitative estimate of drug-likeness (QED) is 0.416. The maximum Gasteiger partial charge on any atom is 0.227 e. The van der Waals surface area contributed by atoms with E-state index in [0.717, 1.165) is 12.8 Å². The van der Waals surface area contributed by atoms with Crippen molar-refractivity contribution >= 4 is 17.5 Å². The van der Waals surface area contributed by atoms with Gasteiger partial charge in [-0.3, -0.25) is 25.2 Å². The zero-order valence-electron chi connectivity index (χ0n) is 23.4. The summed E-state index contributed by atoms with van der Waals surface area (Å²) in [5.41, 5.74) is 9.74. The molecule has 4 aliphatic rings. The molecule has 0 aliphatic heterocycles. The largest absolute Gasteiger partial charge is 0.326 e. The third-order valence-corrected chi connectivity index (χ3v) is 7.01. The van der Waals surface area contributed by atoms with Gasteiger partial charge >= 0.3 is 0 Å². The van der Waals surface area contributed by atoms with Crippen LogP contribution >= 0.6 is 0 Å². The lowest BCUT2D eigenvalue weighted by molar-refractivity contribution is -0.121. The van der Waals surface area contributed by atoms with Crippen molar-refractivity contribution < 1.29 is 14.4 Å². The van der Waals surface area contributed by atoms with E-state index in [0.29, 0.717) is 57.2 Å². The summed E-state index contributed by atoms with van der Waals surface area (Å²) in [6.07, 6.45) is 20.8. The molecule has 0 radical (unpaired) electrons. The van der Waals surface area contributed by atoms with E-state index in [1.807, 2.05) is 18.2 Å². The second kappa shape index (κ2) is 11.6. The molecule has 1 fully saturated rings. The molecule has 0 bridgehead atoms. The molecule has 4 aliphatic carbocycles. The zero-order chi connectivity index (χ0) is 29.9. The fourth-order valence-electron chi connectivity index (χ4n) is 4.58. The van der Waals surface area contributed by atoms with Gasteiger partial charge in [-0.1, -0.05) is 6.08 Å². The normalized spacial score (nSPS) is 19.9. The highest BCUT2D eigenvalue weighted by Gasteiger charge is 2.31. The first-order valence-corrected chi connectivity index (χ1v) is 13.6. The SMILES string of the molecule is Cc1nnnn1N/C=C1\C=CC(=O)C(C(C2=C/C(=C/Nn3nnnc3C)C=CC2=O)=C2C=C(NC(=O)C3CC3)C=CC2)=C1. The molecule has 0 aromatic carbocycles. The number of nitrogens with zero attached hydrogens (tertiary/aromatic N) is 8. The lowest BCUT2D eigenvalue weighted by atomic mass is 9.81. The average molecular weight is 578 g/mol. The number of tetrazole rings is 2. The van der Waals surface area contributed by atoms with Gasteiger partial charge in [0.1, 0.15) is 0 Å². The summed E-state index contributed by atoms with van der Waals surface area (Å²) in [6.45, 7) is 3.49. The molecular weight excluding hydrogens is 550 g/mol. The molecule has 1 amide bonds. The molecule has 3 N–H and O–H groups in total. The monoisotopic (exact) mass is 577 g/mol. The first-order chi connectivity index (χ1) is 20.9. The van der Waals surface area contributed by atoms with Gasteiger partial charge in [-0.15, -0.1) is 19.8 Å². The van der Waals surface area contributed by atoms with Crippen molar-refractivity contribution in [3.05, 3.63) is 118 Å². The minimum absolute atomic E-state index is 0.0247. The Labute approximate surface area is 245 Å². The van der Waals surface area contributed by atoms with Crippen LogP contribution in [0.3, 0.4) is 0 Å². The van der Waals surface area contributed by atoms with Gasteiger partial charge in [-0.05, 0) is 119 Å². The van der Waals surface area contributed by atoms with E-state index >= 15 is 0 Å². The Morgan fingerprint density at radius 2 is 1.37 bits per heavy atom. The van der Waals surface area contributed by atoms with E-state index in [-0.39, 0.29) is 23.4 Å². The molecule has 2 aromatic rings. The molecule has 1 saturated carbocycles. The van der Waals surface area contributed by atoms with Crippen LogP contribution < -0.4 is 16.2 Å². The second-order valence-corrected chi connectivity index (χ2v) is 10.2. The molecule has 0 saturated heterocycles. The van der Waals surface area contributed by atoms with E-state index in [4.69, 9.17) is 0 Å². The van der Waals surface area contributed by atoms with Crippen molar-refractivity contribution in [1.82, 2.24) is 45.9 Å². The maximum absolute atomic E-state index is 13.4. The number of hydrogen-bond donors (Lipinski definition) is 3. The van der Waals surface area contributed by atoms with Gasteiger partial charge in [-0.2, -0.15) is 0 Å². The van der Waals surface area contributed by atoms with E-state index in [2.05, 4.69) is 47.2 Å². The van der Waals surface area contributed by atoms with Gasteiger partial charge in [0.15, 0.2) is 23.2 Å². The third kappa shape index (κ3) is 6.12. The smallest absolute Gasteiger partial charge is 0.227 e. The Balaban J connectivity index is 1.42. The van der Waals surface area contributed by atoms with Crippen LogP contribution in [0.5, 0.6) is 0 Å². The second-order valence-electron chi connectivity index (χ2n) is 10.2. The van der Waals surface area contributed by atoms with Gasteiger partial charge < -0.3 is 5.32 Å². The van der Waals surface area contributed by atoms with Crippen molar-refractivity contribution in [2.24, 2.45) is 5.92 Å². The number of rotatable bonds is 8. The molecule has 6 rings (SSSR count). The van der Waals surface area contributed by atoms with E-state index < -0.39 is 0 Å². The summed E-state index contributed by atoms with van der Waals surface area (Å²) in [7, 11) is 0. The first-order valence-electron chi connectivity index (χ1n) is 13.6. The minimum atomic E-state index is -0.263. The molecule has 0 spiro atoms. The summed E-state index contributed by atoms with van der Waals surface area (Å²) in [4.78, 5) is 42.2. The molecule has 2 aromatic heterocycles. The van der Waals surface area contributed by atoms with Gasteiger partial charge in [0.2, 0.25) is 5.91 Å². The van der Waals surface area contributed by atoms with Gasteiger partial charge in [0.25, 0.3) is 0 Å². The Morgan fingerprint density at radius 1 is 0.814 bits per heavy atom.